The lowest BCUT2D eigenvalue weighted by Crippen LogP contribution is -2.25. The Bertz CT molecular complexity index is 676. The predicted molar refractivity (Wildman–Crippen MR) is 88.2 cm³/mol. The Morgan fingerprint density at radius 1 is 1.09 bits per heavy atom. The van der Waals surface area contributed by atoms with E-state index in [4.69, 9.17) is 4.74 Å². The van der Waals surface area contributed by atoms with E-state index in [1.165, 1.54) is 5.56 Å². The van der Waals surface area contributed by atoms with Gasteiger partial charge in [-0.25, -0.2) is 5.43 Å². The summed E-state index contributed by atoms with van der Waals surface area (Å²) in [5.41, 5.74) is 6.51. The average molecular weight is 296 g/mol. The summed E-state index contributed by atoms with van der Waals surface area (Å²) < 4.78 is 5.42. The Balaban J connectivity index is 1.86. The number of hydrogen-bond acceptors (Lipinski definition) is 3. The molecule has 114 valence electrons. The molecule has 0 aromatic heterocycles. The highest BCUT2D eigenvalue weighted by Crippen LogP contribution is 2.11. The van der Waals surface area contributed by atoms with Crippen molar-refractivity contribution in [3.05, 3.63) is 65.2 Å². The molecule has 0 spiro atoms. The minimum Gasteiger partial charge on any atom is -0.484 e. The smallest absolute Gasteiger partial charge is 0.277 e. The molecule has 0 aliphatic heterocycles. The van der Waals surface area contributed by atoms with Crippen molar-refractivity contribution in [2.75, 3.05) is 6.61 Å². The second-order valence-electron chi connectivity index (χ2n) is 5.20. The average Bonchev–Trinajstić information content (AvgIpc) is 2.51. The van der Waals surface area contributed by atoms with Crippen LogP contribution in [-0.2, 0) is 4.79 Å². The second kappa shape index (κ2) is 7.41. The fourth-order valence-corrected chi connectivity index (χ4v) is 1.89. The van der Waals surface area contributed by atoms with Crippen molar-refractivity contribution < 1.29 is 9.53 Å². The lowest BCUT2D eigenvalue weighted by Gasteiger charge is -2.06. The highest BCUT2D eigenvalue weighted by Gasteiger charge is 2.03. The van der Waals surface area contributed by atoms with E-state index < -0.39 is 0 Å². The van der Waals surface area contributed by atoms with Gasteiger partial charge in [0.1, 0.15) is 5.75 Å². The molecule has 0 fully saturated rings. The Morgan fingerprint density at radius 2 is 1.82 bits per heavy atom. The third-order valence-electron chi connectivity index (χ3n) is 3.18. The van der Waals surface area contributed by atoms with Gasteiger partial charge in [-0.15, -0.1) is 0 Å². The van der Waals surface area contributed by atoms with Crippen molar-refractivity contribution in [2.24, 2.45) is 5.10 Å². The van der Waals surface area contributed by atoms with E-state index in [1.54, 1.807) is 0 Å². The Kier molecular flexibility index (Phi) is 5.31. The molecular formula is C18H20N2O2. The van der Waals surface area contributed by atoms with Crippen molar-refractivity contribution in [1.29, 1.82) is 0 Å². The molecule has 1 amide bonds. The molecule has 0 radical (unpaired) electrons. The lowest BCUT2D eigenvalue weighted by molar-refractivity contribution is -0.123. The number of hydrazone groups is 1. The van der Waals surface area contributed by atoms with Crippen molar-refractivity contribution in [2.45, 2.75) is 20.8 Å². The normalized spacial score (nSPS) is 11.1. The first-order chi connectivity index (χ1) is 10.5. The summed E-state index contributed by atoms with van der Waals surface area (Å²) in [6.45, 7) is 5.79. The van der Waals surface area contributed by atoms with E-state index in [0.29, 0.717) is 5.75 Å². The molecule has 0 atom stereocenters. The summed E-state index contributed by atoms with van der Waals surface area (Å²) in [6.07, 6.45) is 0. The quantitative estimate of drug-likeness (QED) is 0.680. The molecule has 22 heavy (non-hydrogen) atoms. The zero-order chi connectivity index (χ0) is 15.9. The minimum absolute atomic E-state index is 0.0614. The summed E-state index contributed by atoms with van der Waals surface area (Å²) in [5.74, 6) is 0.391. The van der Waals surface area contributed by atoms with Crippen LogP contribution >= 0.6 is 0 Å². The van der Waals surface area contributed by atoms with Crippen LogP contribution < -0.4 is 10.2 Å². The summed E-state index contributed by atoms with van der Waals surface area (Å²) in [4.78, 5) is 11.7. The maximum absolute atomic E-state index is 11.7. The number of nitrogens with zero attached hydrogens (tertiary/aromatic N) is 1. The third kappa shape index (κ3) is 4.74. The predicted octanol–water partition coefficient (Wildman–Crippen LogP) is 3.22. The molecule has 2 aromatic rings. The SMILES string of the molecule is CC(=NNC(=O)COc1cccc(C)c1)c1ccc(C)cc1. The number of nitrogens with one attached hydrogen (secondary N) is 1. The van der Waals surface area contributed by atoms with E-state index in [9.17, 15) is 4.79 Å². The number of rotatable bonds is 5. The molecule has 0 saturated heterocycles. The maximum atomic E-state index is 11.7. The van der Waals surface area contributed by atoms with Crippen LogP contribution in [0.5, 0.6) is 5.75 Å². The minimum atomic E-state index is -0.284. The van der Waals surface area contributed by atoms with Gasteiger partial charge in [-0.05, 0) is 44.0 Å². The lowest BCUT2D eigenvalue weighted by atomic mass is 10.1. The Hall–Kier alpha value is -2.62. The van der Waals surface area contributed by atoms with Crippen molar-refractivity contribution in [3.63, 3.8) is 0 Å². The van der Waals surface area contributed by atoms with Gasteiger partial charge in [0.2, 0.25) is 0 Å². The Morgan fingerprint density at radius 3 is 2.50 bits per heavy atom. The number of ether oxygens (including phenoxy) is 1. The summed E-state index contributed by atoms with van der Waals surface area (Å²) in [7, 11) is 0. The van der Waals surface area contributed by atoms with Crippen LogP contribution in [0, 0.1) is 13.8 Å². The number of carbonyl (C=O) groups excluding carboxylic acids is 1. The first-order valence-electron chi connectivity index (χ1n) is 7.14. The van der Waals surface area contributed by atoms with Gasteiger partial charge in [0.25, 0.3) is 5.91 Å². The van der Waals surface area contributed by atoms with Crippen molar-refractivity contribution in [3.8, 4) is 5.75 Å². The van der Waals surface area contributed by atoms with Crippen LogP contribution in [0.2, 0.25) is 0 Å². The number of hydrogen-bond donors (Lipinski definition) is 1. The molecule has 0 aliphatic rings. The molecule has 0 bridgehead atoms. The van der Waals surface area contributed by atoms with Gasteiger partial charge in [-0.2, -0.15) is 5.10 Å². The molecule has 4 heteroatoms. The summed E-state index contributed by atoms with van der Waals surface area (Å²) in [6, 6.07) is 15.5. The Labute approximate surface area is 130 Å². The zero-order valence-corrected chi connectivity index (χ0v) is 13.1. The number of benzene rings is 2. The van der Waals surface area contributed by atoms with Gasteiger partial charge in [0.05, 0.1) is 5.71 Å². The third-order valence-corrected chi connectivity index (χ3v) is 3.18. The molecule has 0 saturated carbocycles. The molecule has 2 aromatic carbocycles. The molecule has 4 nitrogen and oxygen atoms in total. The van der Waals surface area contributed by atoms with E-state index in [-0.39, 0.29) is 12.5 Å². The second-order valence-corrected chi connectivity index (χ2v) is 5.20. The zero-order valence-electron chi connectivity index (χ0n) is 13.1. The van der Waals surface area contributed by atoms with E-state index in [0.717, 1.165) is 16.8 Å². The van der Waals surface area contributed by atoms with Gasteiger partial charge >= 0.3 is 0 Å². The molecule has 1 N–H and O–H groups in total. The van der Waals surface area contributed by atoms with E-state index >= 15 is 0 Å². The molecule has 2 rings (SSSR count). The highest BCUT2D eigenvalue weighted by molar-refractivity contribution is 5.99. The molecular weight excluding hydrogens is 276 g/mol. The van der Waals surface area contributed by atoms with Crippen LogP contribution in [-0.4, -0.2) is 18.2 Å². The first-order valence-corrected chi connectivity index (χ1v) is 7.14. The van der Waals surface area contributed by atoms with Crippen molar-refractivity contribution in [1.82, 2.24) is 5.43 Å². The number of carbonyl (C=O) groups is 1. The van der Waals surface area contributed by atoms with E-state index in [2.05, 4.69) is 10.5 Å². The molecule has 0 unspecified atom stereocenters. The van der Waals surface area contributed by atoms with Crippen LogP contribution in [0.3, 0.4) is 0 Å². The van der Waals surface area contributed by atoms with Crippen molar-refractivity contribution >= 4 is 11.6 Å². The monoisotopic (exact) mass is 296 g/mol. The first kappa shape index (κ1) is 15.8. The number of amides is 1. The van der Waals surface area contributed by atoms with Gasteiger partial charge < -0.3 is 4.74 Å². The molecule has 0 aliphatic carbocycles. The highest BCUT2D eigenvalue weighted by atomic mass is 16.5. The van der Waals surface area contributed by atoms with Crippen LogP contribution in [0.1, 0.15) is 23.6 Å². The van der Waals surface area contributed by atoms with Crippen LogP contribution in [0.15, 0.2) is 53.6 Å². The van der Waals surface area contributed by atoms with Crippen LogP contribution in [0.25, 0.3) is 0 Å². The van der Waals surface area contributed by atoms with Crippen LogP contribution in [0.4, 0.5) is 0 Å². The summed E-state index contributed by atoms with van der Waals surface area (Å²) in [5, 5.41) is 4.09. The largest absolute Gasteiger partial charge is 0.484 e. The summed E-state index contributed by atoms with van der Waals surface area (Å²) >= 11 is 0. The fourth-order valence-electron chi connectivity index (χ4n) is 1.89. The number of aryl methyl sites for hydroxylation is 2. The van der Waals surface area contributed by atoms with Gasteiger partial charge in [0.15, 0.2) is 6.61 Å². The maximum Gasteiger partial charge on any atom is 0.277 e. The van der Waals surface area contributed by atoms with E-state index in [1.807, 2.05) is 69.3 Å². The topological polar surface area (TPSA) is 50.7 Å². The van der Waals surface area contributed by atoms with Gasteiger partial charge in [-0.1, -0.05) is 42.0 Å². The van der Waals surface area contributed by atoms with Gasteiger partial charge in [-0.3, -0.25) is 4.79 Å². The van der Waals surface area contributed by atoms with Gasteiger partial charge in [0, 0.05) is 0 Å². The standard InChI is InChI=1S/C18H20N2O2/c1-13-7-9-16(10-8-13)15(3)19-20-18(21)12-22-17-6-4-5-14(2)11-17/h4-11H,12H2,1-3H3,(H,20,21). The molecule has 0 heterocycles. The fraction of sp³-hybridized carbons (Fsp3) is 0.222.